The second-order valence-electron chi connectivity index (χ2n) is 7.13. The van der Waals surface area contributed by atoms with Crippen LogP contribution in [0.25, 0.3) is 0 Å². The van der Waals surface area contributed by atoms with Crippen LogP contribution >= 0.6 is 11.3 Å². The highest BCUT2D eigenvalue weighted by Crippen LogP contribution is 2.39. The van der Waals surface area contributed by atoms with Gasteiger partial charge in [0.25, 0.3) is 0 Å². The predicted octanol–water partition coefficient (Wildman–Crippen LogP) is 3.72. The van der Waals surface area contributed by atoms with E-state index in [2.05, 4.69) is 40.3 Å². The third kappa shape index (κ3) is 3.66. The van der Waals surface area contributed by atoms with Crippen LogP contribution in [0.1, 0.15) is 29.0 Å². The lowest BCUT2D eigenvalue weighted by molar-refractivity contribution is 0.122. The van der Waals surface area contributed by atoms with Crippen molar-refractivity contribution in [3.05, 3.63) is 39.6 Å². The summed E-state index contributed by atoms with van der Waals surface area (Å²) < 4.78 is 17.0. The van der Waals surface area contributed by atoms with Crippen molar-refractivity contribution in [3.63, 3.8) is 0 Å². The van der Waals surface area contributed by atoms with Crippen LogP contribution in [-0.4, -0.2) is 52.0 Å². The van der Waals surface area contributed by atoms with E-state index in [9.17, 15) is 0 Å². The smallest absolute Gasteiger partial charge is 0.142 e. The Morgan fingerprint density at radius 2 is 1.89 bits per heavy atom. The molecular weight excluding hydrogens is 360 g/mol. The summed E-state index contributed by atoms with van der Waals surface area (Å²) in [5.41, 5.74) is 3.74. The fraction of sp³-hybridized carbons (Fsp3) is 0.524. The first-order valence-electron chi connectivity index (χ1n) is 9.59. The second kappa shape index (κ2) is 8.09. The van der Waals surface area contributed by atoms with Gasteiger partial charge in [-0.15, -0.1) is 11.3 Å². The number of ether oxygens (including phenoxy) is 3. The zero-order valence-electron chi connectivity index (χ0n) is 16.4. The molecule has 3 heterocycles. The fourth-order valence-electron chi connectivity index (χ4n) is 4.12. The van der Waals surface area contributed by atoms with Crippen molar-refractivity contribution in [2.75, 3.05) is 52.0 Å². The summed E-state index contributed by atoms with van der Waals surface area (Å²) >= 11 is 1.88. The molecule has 0 saturated carbocycles. The van der Waals surface area contributed by atoms with Gasteiger partial charge in [0.1, 0.15) is 11.5 Å². The minimum absolute atomic E-state index is 0.426. The van der Waals surface area contributed by atoms with Gasteiger partial charge in [0.2, 0.25) is 0 Å². The van der Waals surface area contributed by atoms with Gasteiger partial charge in [0.15, 0.2) is 0 Å². The molecule has 1 atom stereocenters. The van der Waals surface area contributed by atoms with Gasteiger partial charge in [-0.2, -0.15) is 0 Å². The maximum Gasteiger partial charge on any atom is 0.142 e. The Kier molecular flexibility index (Phi) is 5.57. The summed E-state index contributed by atoms with van der Waals surface area (Å²) in [6, 6.07) is 6.98. The predicted molar refractivity (Wildman–Crippen MR) is 109 cm³/mol. The molecule has 27 heavy (non-hydrogen) atoms. The van der Waals surface area contributed by atoms with E-state index >= 15 is 0 Å². The molecule has 0 aliphatic carbocycles. The van der Waals surface area contributed by atoms with Gasteiger partial charge < -0.3 is 19.1 Å². The molecule has 0 radical (unpaired) electrons. The van der Waals surface area contributed by atoms with Gasteiger partial charge in [0.05, 0.1) is 33.1 Å². The number of hydrogen-bond donors (Lipinski definition) is 0. The van der Waals surface area contributed by atoms with Gasteiger partial charge >= 0.3 is 0 Å². The highest BCUT2D eigenvalue weighted by Gasteiger charge is 2.26. The van der Waals surface area contributed by atoms with Gasteiger partial charge in [-0.3, -0.25) is 4.90 Å². The Labute approximate surface area is 165 Å². The number of rotatable bonds is 5. The molecule has 1 aromatic heterocycles. The van der Waals surface area contributed by atoms with Crippen molar-refractivity contribution < 1.29 is 14.2 Å². The monoisotopic (exact) mass is 388 g/mol. The summed E-state index contributed by atoms with van der Waals surface area (Å²) in [6.45, 7) is 7.50. The maximum atomic E-state index is 5.77. The maximum absolute atomic E-state index is 5.77. The number of benzene rings is 1. The molecule has 146 valence electrons. The first-order valence-corrected chi connectivity index (χ1v) is 10.5. The average Bonchev–Trinajstić information content (AvgIpc) is 3.20. The first kappa shape index (κ1) is 18.6. The van der Waals surface area contributed by atoms with Crippen LogP contribution < -0.4 is 14.4 Å². The molecule has 2 aliphatic rings. The summed E-state index contributed by atoms with van der Waals surface area (Å²) in [4.78, 5) is 6.38. The van der Waals surface area contributed by atoms with Gasteiger partial charge in [-0.25, -0.2) is 0 Å². The molecule has 2 aliphatic heterocycles. The van der Waals surface area contributed by atoms with Crippen molar-refractivity contribution in [2.45, 2.75) is 25.9 Å². The highest BCUT2D eigenvalue weighted by molar-refractivity contribution is 7.10. The molecule has 5 nitrogen and oxygen atoms in total. The van der Waals surface area contributed by atoms with E-state index in [1.54, 1.807) is 14.2 Å². The molecule has 0 N–H and O–H groups in total. The molecule has 1 aromatic carbocycles. The van der Waals surface area contributed by atoms with E-state index in [4.69, 9.17) is 14.2 Å². The topological polar surface area (TPSA) is 34.2 Å². The minimum Gasteiger partial charge on any atom is -0.496 e. The van der Waals surface area contributed by atoms with Crippen molar-refractivity contribution in [2.24, 2.45) is 0 Å². The molecule has 0 amide bonds. The quantitative estimate of drug-likeness (QED) is 0.780. The van der Waals surface area contributed by atoms with Crippen molar-refractivity contribution in [1.29, 1.82) is 0 Å². The van der Waals surface area contributed by atoms with Gasteiger partial charge in [0, 0.05) is 48.7 Å². The number of nitrogens with zero attached hydrogens (tertiary/aromatic N) is 2. The number of morpholine rings is 1. The zero-order chi connectivity index (χ0) is 18.8. The van der Waals surface area contributed by atoms with Crippen LogP contribution in [0.2, 0.25) is 0 Å². The lowest BCUT2D eigenvalue weighted by atomic mass is 10.00. The van der Waals surface area contributed by atoms with E-state index in [1.165, 1.54) is 16.0 Å². The first-order chi connectivity index (χ1) is 13.2. The lowest BCUT2D eigenvalue weighted by Gasteiger charge is -2.34. The SMILES string of the molecule is COc1cc(N2CCOCC2)c(OC)cc1CN1CCc2sccc2[C@H]1C. The van der Waals surface area contributed by atoms with Gasteiger partial charge in [-0.05, 0) is 36.4 Å². The number of anilines is 1. The van der Waals surface area contributed by atoms with Crippen LogP contribution in [0.3, 0.4) is 0 Å². The molecule has 0 bridgehead atoms. The number of hydrogen-bond acceptors (Lipinski definition) is 6. The molecule has 2 aromatic rings. The summed E-state index contributed by atoms with van der Waals surface area (Å²) in [5.74, 6) is 1.84. The molecule has 6 heteroatoms. The van der Waals surface area contributed by atoms with E-state index in [0.29, 0.717) is 6.04 Å². The van der Waals surface area contributed by atoms with Gasteiger partial charge in [-0.1, -0.05) is 0 Å². The fourth-order valence-corrected chi connectivity index (χ4v) is 5.08. The molecule has 0 spiro atoms. The third-order valence-corrected chi connectivity index (χ3v) is 6.71. The highest BCUT2D eigenvalue weighted by atomic mass is 32.1. The Morgan fingerprint density at radius 1 is 1.11 bits per heavy atom. The molecule has 1 saturated heterocycles. The minimum atomic E-state index is 0.426. The van der Waals surface area contributed by atoms with E-state index in [1.807, 2.05) is 11.3 Å². The standard InChI is InChI=1S/C21H28N2O3S/c1-15-17-5-11-27-21(17)4-6-23(15)14-16-12-20(25-3)18(13-19(16)24-2)22-7-9-26-10-8-22/h5,11-13,15H,4,6-10,14H2,1-3H3/t15-/m1/s1. The number of methoxy groups -OCH3 is 2. The van der Waals surface area contributed by atoms with Crippen LogP contribution in [0.4, 0.5) is 5.69 Å². The largest absolute Gasteiger partial charge is 0.496 e. The summed E-state index contributed by atoms with van der Waals surface area (Å²) in [6.07, 6.45) is 1.13. The third-order valence-electron chi connectivity index (χ3n) is 5.71. The zero-order valence-corrected chi connectivity index (χ0v) is 17.2. The molecule has 1 fully saturated rings. The van der Waals surface area contributed by atoms with Crippen LogP contribution in [0.15, 0.2) is 23.6 Å². The Bertz CT molecular complexity index is 786. The lowest BCUT2D eigenvalue weighted by Crippen LogP contribution is -2.36. The molecule has 0 unspecified atom stereocenters. The molecule has 4 rings (SSSR count). The normalized spacial score (nSPS) is 20.4. The van der Waals surface area contributed by atoms with E-state index < -0.39 is 0 Å². The van der Waals surface area contributed by atoms with Crippen molar-refractivity contribution in [3.8, 4) is 11.5 Å². The summed E-state index contributed by atoms with van der Waals surface area (Å²) in [7, 11) is 3.50. The Balaban J connectivity index is 1.61. The Hall–Kier alpha value is -1.76. The van der Waals surface area contributed by atoms with Crippen molar-refractivity contribution in [1.82, 2.24) is 4.90 Å². The Morgan fingerprint density at radius 3 is 2.63 bits per heavy atom. The van der Waals surface area contributed by atoms with Crippen LogP contribution in [0, 0.1) is 0 Å². The van der Waals surface area contributed by atoms with E-state index in [0.717, 1.165) is 63.0 Å². The van der Waals surface area contributed by atoms with E-state index in [-0.39, 0.29) is 0 Å². The van der Waals surface area contributed by atoms with Crippen molar-refractivity contribution >= 4 is 17.0 Å². The van der Waals surface area contributed by atoms with Crippen LogP contribution in [0.5, 0.6) is 11.5 Å². The average molecular weight is 389 g/mol. The molecular formula is C21H28N2O3S. The second-order valence-corrected chi connectivity index (χ2v) is 8.13. The van der Waals surface area contributed by atoms with Crippen LogP contribution in [-0.2, 0) is 17.7 Å². The summed E-state index contributed by atoms with van der Waals surface area (Å²) in [5, 5.41) is 2.21. The number of fused-ring (bicyclic) bond motifs is 1. The number of thiophene rings is 1.